The first-order chi connectivity index (χ1) is 12.4. The van der Waals surface area contributed by atoms with Gasteiger partial charge in [-0.15, -0.1) is 0 Å². The highest BCUT2D eigenvalue weighted by molar-refractivity contribution is 6.35. The molecule has 0 heterocycles. The van der Waals surface area contributed by atoms with Crippen LogP contribution in [-0.2, 0) is 11.2 Å². The zero-order chi connectivity index (χ0) is 19.1. The first-order valence-electron chi connectivity index (χ1n) is 8.42. The number of aryl methyl sites for hydroxylation is 1. The number of likely N-dealkylation sites (N-methyl/N-ethyl adjacent to an activating group) is 1. The number of hydrogen-bond acceptors (Lipinski definition) is 3. The van der Waals surface area contributed by atoms with E-state index in [1.54, 1.807) is 19.2 Å². The lowest BCUT2D eigenvalue weighted by Gasteiger charge is -2.26. The van der Waals surface area contributed by atoms with Gasteiger partial charge in [-0.05, 0) is 44.3 Å². The second-order valence-corrected chi connectivity index (χ2v) is 7.10. The summed E-state index contributed by atoms with van der Waals surface area (Å²) in [5, 5.41) is 4.19. The van der Waals surface area contributed by atoms with Gasteiger partial charge in [0.25, 0.3) is 0 Å². The quantitative estimate of drug-likeness (QED) is 0.723. The van der Waals surface area contributed by atoms with Gasteiger partial charge in [-0.1, -0.05) is 47.5 Å². The second-order valence-electron chi connectivity index (χ2n) is 6.26. The third-order valence-corrected chi connectivity index (χ3v) is 4.84. The Morgan fingerprint density at radius 1 is 1.19 bits per heavy atom. The zero-order valence-electron chi connectivity index (χ0n) is 15.3. The molecule has 0 aliphatic rings. The Kier molecular flexibility index (Phi) is 7.76. The molecule has 1 amide bonds. The lowest BCUT2D eigenvalue weighted by atomic mass is 10.0. The van der Waals surface area contributed by atoms with Crippen LogP contribution in [0, 0.1) is 0 Å². The van der Waals surface area contributed by atoms with Gasteiger partial charge in [-0.25, -0.2) is 0 Å². The highest BCUT2D eigenvalue weighted by atomic mass is 35.5. The van der Waals surface area contributed by atoms with Crippen molar-refractivity contribution in [1.82, 2.24) is 10.2 Å². The smallest absolute Gasteiger partial charge is 0.220 e. The first kappa shape index (κ1) is 20.6. The lowest BCUT2D eigenvalue weighted by Crippen LogP contribution is -2.34. The molecule has 2 rings (SSSR count). The summed E-state index contributed by atoms with van der Waals surface area (Å²) in [7, 11) is 5.62. The van der Waals surface area contributed by atoms with Crippen molar-refractivity contribution in [2.24, 2.45) is 0 Å². The number of carbonyl (C=O) groups excluding carboxylic acids is 1. The van der Waals surface area contributed by atoms with E-state index in [4.69, 9.17) is 27.9 Å². The van der Waals surface area contributed by atoms with Gasteiger partial charge in [0.15, 0.2) is 0 Å². The van der Waals surface area contributed by atoms with Crippen molar-refractivity contribution in [3.63, 3.8) is 0 Å². The minimum atomic E-state index is -0.0160. The van der Waals surface area contributed by atoms with E-state index < -0.39 is 0 Å². The second kappa shape index (κ2) is 9.81. The summed E-state index contributed by atoms with van der Waals surface area (Å²) in [4.78, 5) is 14.3. The van der Waals surface area contributed by atoms with E-state index in [1.807, 2.05) is 44.4 Å². The third-order valence-electron chi connectivity index (χ3n) is 4.25. The van der Waals surface area contributed by atoms with Crippen LogP contribution in [0.25, 0.3) is 0 Å². The third kappa shape index (κ3) is 5.63. The van der Waals surface area contributed by atoms with E-state index in [1.165, 1.54) is 0 Å². The Morgan fingerprint density at radius 3 is 2.58 bits per heavy atom. The zero-order valence-corrected chi connectivity index (χ0v) is 16.8. The molecule has 0 radical (unpaired) electrons. The normalized spacial score (nSPS) is 12.1. The number of benzene rings is 2. The number of nitrogens with zero attached hydrogens (tertiary/aromatic N) is 1. The van der Waals surface area contributed by atoms with Gasteiger partial charge in [0.05, 0.1) is 13.2 Å². The molecule has 2 aromatic rings. The molecule has 0 saturated heterocycles. The van der Waals surface area contributed by atoms with Gasteiger partial charge in [-0.2, -0.15) is 0 Å². The number of hydrogen-bond donors (Lipinski definition) is 1. The van der Waals surface area contributed by atoms with Crippen LogP contribution >= 0.6 is 23.2 Å². The highest BCUT2D eigenvalue weighted by Gasteiger charge is 2.19. The van der Waals surface area contributed by atoms with Crippen molar-refractivity contribution in [2.45, 2.75) is 18.9 Å². The molecule has 4 nitrogen and oxygen atoms in total. The van der Waals surface area contributed by atoms with Crippen LogP contribution in [0.5, 0.6) is 5.75 Å². The lowest BCUT2D eigenvalue weighted by molar-refractivity contribution is -0.121. The standard InChI is InChI=1S/C20H24Cl2N2O2/c1-24(2)18(16-6-4-5-7-19(16)26-3)13-23-20(25)11-9-14-8-10-15(21)12-17(14)22/h4-8,10,12,18H,9,11,13H2,1-3H3,(H,23,25). The molecule has 0 fully saturated rings. The number of ether oxygens (including phenoxy) is 1. The fraction of sp³-hybridized carbons (Fsp3) is 0.350. The Morgan fingerprint density at radius 2 is 1.92 bits per heavy atom. The Balaban J connectivity index is 1.95. The van der Waals surface area contributed by atoms with Crippen molar-refractivity contribution >= 4 is 29.1 Å². The van der Waals surface area contributed by atoms with Crippen LogP contribution in [0.1, 0.15) is 23.6 Å². The van der Waals surface area contributed by atoms with Crippen LogP contribution in [0.15, 0.2) is 42.5 Å². The summed E-state index contributed by atoms with van der Waals surface area (Å²) in [6.07, 6.45) is 0.941. The highest BCUT2D eigenvalue weighted by Crippen LogP contribution is 2.27. The average molecular weight is 395 g/mol. The van der Waals surface area contributed by atoms with Crippen LogP contribution in [0.3, 0.4) is 0 Å². The average Bonchev–Trinajstić information content (AvgIpc) is 2.61. The number of halogens is 2. The fourth-order valence-corrected chi connectivity index (χ4v) is 3.29. The number of rotatable bonds is 8. The SMILES string of the molecule is COc1ccccc1C(CNC(=O)CCc1ccc(Cl)cc1Cl)N(C)C. The minimum Gasteiger partial charge on any atom is -0.496 e. The molecule has 0 bridgehead atoms. The molecule has 1 unspecified atom stereocenters. The largest absolute Gasteiger partial charge is 0.496 e. The number of methoxy groups -OCH3 is 1. The summed E-state index contributed by atoms with van der Waals surface area (Å²) in [6, 6.07) is 13.2. The van der Waals surface area contributed by atoms with Crippen LogP contribution in [0.2, 0.25) is 10.0 Å². The van der Waals surface area contributed by atoms with Gasteiger partial charge in [0, 0.05) is 28.6 Å². The maximum atomic E-state index is 12.3. The number of nitrogens with one attached hydrogen (secondary N) is 1. The number of amides is 1. The molecule has 0 aromatic heterocycles. The summed E-state index contributed by atoms with van der Waals surface area (Å²) >= 11 is 12.1. The van der Waals surface area contributed by atoms with E-state index in [-0.39, 0.29) is 11.9 Å². The molecule has 0 aliphatic carbocycles. The van der Waals surface area contributed by atoms with E-state index >= 15 is 0 Å². The van der Waals surface area contributed by atoms with Crippen LogP contribution in [-0.4, -0.2) is 38.6 Å². The van der Waals surface area contributed by atoms with E-state index in [9.17, 15) is 4.79 Å². The topological polar surface area (TPSA) is 41.6 Å². The molecule has 1 atom stereocenters. The van der Waals surface area contributed by atoms with Crippen molar-refractivity contribution in [1.29, 1.82) is 0 Å². The minimum absolute atomic E-state index is 0.0160. The summed E-state index contributed by atoms with van der Waals surface area (Å²) in [5.74, 6) is 0.797. The number of carbonyl (C=O) groups is 1. The summed E-state index contributed by atoms with van der Waals surface area (Å²) in [6.45, 7) is 0.501. The van der Waals surface area contributed by atoms with Crippen LogP contribution < -0.4 is 10.1 Å². The maximum Gasteiger partial charge on any atom is 0.220 e. The van der Waals surface area contributed by atoms with E-state index in [0.717, 1.165) is 16.9 Å². The Bertz CT molecular complexity index is 750. The van der Waals surface area contributed by atoms with Gasteiger partial charge >= 0.3 is 0 Å². The molecule has 2 aromatic carbocycles. The van der Waals surface area contributed by atoms with Crippen molar-refractivity contribution < 1.29 is 9.53 Å². The number of para-hydroxylation sites is 1. The molecular weight excluding hydrogens is 371 g/mol. The van der Waals surface area contributed by atoms with Gasteiger partial charge in [0.1, 0.15) is 5.75 Å². The van der Waals surface area contributed by atoms with E-state index in [2.05, 4.69) is 10.2 Å². The predicted molar refractivity (Wildman–Crippen MR) is 107 cm³/mol. The maximum absolute atomic E-state index is 12.3. The molecule has 0 spiro atoms. The molecule has 0 saturated carbocycles. The van der Waals surface area contributed by atoms with Crippen molar-refractivity contribution in [2.75, 3.05) is 27.7 Å². The van der Waals surface area contributed by atoms with Crippen LogP contribution in [0.4, 0.5) is 0 Å². The van der Waals surface area contributed by atoms with E-state index in [0.29, 0.717) is 29.4 Å². The van der Waals surface area contributed by atoms with Crippen molar-refractivity contribution in [3.05, 3.63) is 63.6 Å². The Labute approximate surface area is 165 Å². The molecule has 6 heteroatoms. The fourth-order valence-electron chi connectivity index (χ4n) is 2.78. The molecule has 140 valence electrons. The van der Waals surface area contributed by atoms with Crippen molar-refractivity contribution in [3.8, 4) is 5.75 Å². The summed E-state index contributed by atoms with van der Waals surface area (Å²) in [5.41, 5.74) is 1.96. The monoisotopic (exact) mass is 394 g/mol. The Hall–Kier alpha value is -1.75. The predicted octanol–water partition coefficient (Wildman–Crippen LogP) is 4.35. The van der Waals surface area contributed by atoms with Gasteiger partial charge in [0.2, 0.25) is 5.91 Å². The van der Waals surface area contributed by atoms with Gasteiger partial charge < -0.3 is 15.0 Å². The molecular formula is C20H24Cl2N2O2. The summed E-state index contributed by atoms with van der Waals surface area (Å²) < 4.78 is 5.45. The first-order valence-corrected chi connectivity index (χ1v) is 9.18. The molecule has 1 N–H and O–H groups in total. The van der Waals surface area contributed by atoms with Gasteiger partial charge in [-0.3, -0.25) is 4.79 Å². The molecule has 0 aliphatic heterocycles. The molecule has 26 heavy (non-hydrogen) atoms.